The molecule has 1 N–H and O–H groups in total. The highest BCUT2D eigenvalue weighted by atomic mass is 35.5. The molecule has 0 aliphatic rings. The molecule has 0 spiro atoms. The normalized spacial score (nSPS) is 10.3. The van der Waals surface area contributed by atoms with Gasteiger partial charge in [0.1, 0.15) is 5.82 Å². The van der Waals surface area contributed by atoms with Crippen LogP contribution in [0.5, 0.6) is 0 Å². The molecule has 0 saturated heterocycles. The molecule has 0 aliphatic carbocycles. The number of anilines is 1. The van der Waals surface area contributed by atoms with Gasteiger partial charge in [0.25, 0.3) is 5.91 Å². The highest BCUT2D eigenvalue weighted by Crippen LogP contribution is 2.24. The van der Waals surface area contributed by atoms with Gasteiger partial charge >= 0.3 is 0 Å². The number of rotatable bonds is 4. The van der Waals surface area contributed by atoms with Crippen molar-refractivity contribution < 1.29 is 14.0 Å². The molecule has 1 amide bonds. The number of ketones is 1. The molecular weight excluding hydrogens is 341 g/mol. The van der Waals surface area contributed by atoms with Crippen LogP contribution in [0, 0.1) is 5.82 Å². The first-order valence-electron chi connectivity index (χ1n) is 7.51. The van der Waals surface area contributed by atoms with E-state index in [1.165, 1.54) is 30.3 Å². The van der Waals surface area contributed by atoms with E-state index in [4.69, 9.17) is 11.6 Å². The molecule has 5 heteroatoms. The van der Waals surface area contributed by atoms with Gasteiger partial charge in [-0.2, -0.15) is 0 Å². The van der Waals surface area contributed by atoms with E-state index in [1.54, 1.807) is 42.5 Å². The molecule has 0 unspecified atom stereocenters. The van der Waals surface area contributed by atoms with E-state index in [9.17, 15) is 14.0 Å². The molecule has 0 aliphatic heterocycles. The van der Waals surface area contributed by atoms with Gasteiger partial charge in [0.05, 0.1) is 11.3 Å². The third-order valence-corrected chi connectivity index (χ3v) is 3.86. The van der Waals surface area contributed by atoms with Gasteiger partial charge in [0.2, 0.25) is 0 Å². The molecule has 0 saturated carbocycles. The average Bonchev–Trinajstić information content (AvgIpc) is 2.63. The largest absolute Gasteiger partial charge is 0.321 e. The summed E-state index contributed by atoms with van der Waals surface area (Å²) in [5.74, 6) is -1.56. The molecule has 3 rings (SSSR count). The van der Waals surface area contributed by atoms with E-state index in [0.717, 1.165) is 0 Å². The zero-order valence-electron chi connectivity index (χ0n) is 13.0. The number of hydrogen-bond donors (Lipinski definition) is 1. The number of benzene rings is 3. The molecule has 0 fully saturated rings. The second kappa shape index (κ2) is 7.28. The van der Waals surface area contributed by atoms with Crippen LogP contribution in [0.15, 0.2) is 72.8 Å². The first-order valence-corrected chi connectivity index (χ1v) is 7.89. The number of carbonyl (C=O) groups excluding carboxylic acids is 2. The van der Waals surface area contributed by atoms with Gasteiger partial charge < -0.3 is 5.32 Å². The molecule has 3 aromatic rings. The van der Waals surface area contributed by atoms with E-state index >= 15 is 0 Å². The van der Waals surface area contributed by atoms with Crippen molar-refractivity contribution in [3.63, 3.8) is 0 Å². The maximum atomic E-state index is 13.8. The quantitative estimate of drug-likeness (QED) is 0.674. The highest BCUT2D eigenvalue weighted by Gasteiger charge is 2.18. The summed E-state index contributed by atoms with van der Waals surface area (Å²) in [6.45, 7) is 0. The third kappa shape index (κ3) is 3.75. The van der Waals surface area contributed by atoms with Gasteiger partial charge in [-0.3, -0.25) is 9.59 Å². The lowest BCUT2D eigenvalue weighted by Gasteiger charge is -2.11. The lowest BCUT2D eigenvalue weighted by molar-refractivity contribution is 0.102. The first kappa shape index (κ1) is 16.9. The van der Waals surface area contributed by atoms with Crippen LogP contribution in [0.4, 0.5) is 10.1 Å². The summed E-state index contributed by atoms with van der Waals surface area (Å²) in [6.07, 6.45) is 0. The molecule has 0 aromatic heterocycles. The van der Waals surface area contributed by atoms with Crippen molar-refractivity contribution >= 4 is 29.0 Å². The van der Waals surface area contributed by atoms with Gasteiger partial charge in [-0.25, -0.2) is 4.39 Å². The smallest absolute Gasteiger partial charge is 0.258 e. The zero-order chi connectivity index (χ0) is 17.8. The van der Waals surface area contributed by atoms with Crippen molar-refractivity contribution in [2.45, 2.75) is 0 Å². The van der Waals surface area contributed by atoms with Crippen LogP contribution in [0.3, 0.4) is 0 Å². The fraction of sp³-hybridized carbons (Fsp3) is 0. The number of carbonyl (C=O) groups is 2. The molecule has 124 valence electrons. The van der Waals surface area contributed by atoms with Gasteiger partial charge in [-0.15, -0.1) is 0 Å². The van der Waals surface area contributed by atoms with Gasteiger partial charge in [-0.05, 0) is 30.3 Å². The summed E-state index contributed by atoms with van der Waals surface area (Å²) in [4.78, 5) is 25.1. The number of amides is 1. The van der Waals surface area contributed by atoms with Crippen LogP contribution in [0.2, 0.25) is 5.02 Å². The fourth-order valence-electron chi connectivity index (χ4n) is 2.39. The Hall–Kier alpha value is -2.98. The summed E-state index contributed by atoms with van der Waals surface area (Å²) in [7, 11) is 0. The SMILES string of the molecule is O=C(Nc1ccc(Cl)cc1C(=O)c1ccccc1)c1ccccc1F. The topological polar surface area (TPSA) is 46.2 Å². The Morgan fingerprint density at radius 3 is 2.24 bits per heavy atom. The number of halogens is 2. The van der Waals surface area contributed by atoms with E-state index in [0.29, 0.717) is 10.6 Å². The Morgan fingerprint density at radius 1 is 0.840 bits per heavy atom. The Morgan fingerprint density at radius 2 is 1.52 bits per heavy atom. The van der Waals surface area contributed by atoms with E-state index < -0.39 is 11.7 Å². The molecule has 0 bridgehead atoms. The summed E-state index contributed by atoms with van der Waals surface area (Å²) >= 11 is 6.00. The van der Waals surface area contributed by atoms with E-state index in [-0.39, 0.29) is 22.6 Å². The van der Waals surface area contributed by atoms with Crippen molar-refractivity contribution in [3.8, 4) is 0 Å². The Balaban J connectivity index is 1.96. The average molecular weight is 354 g/mol. The van der Waals surface area contributed by atoms with Gasteiger partial charge in [0, 0.05) is 16.1 Å². The fourth-order valence-corrected chi connectivity index (χ4v) is 2.57. The van der Waals surface area contributed by atoms with Crippen molar-refractivity contribution in [2.24, 2.45) is 0 Å². The zero-order valence-corrected chi connectivity index (χ0v) is 13.8. The monoisotopic (exact) mass is 353 g/mol. The minimum atomic E-state index is -0.637. The van der Waals surface area contributed by atoms with Crippen LogP contribution >= 0.6 is 11.6 Å². The van der Waals surface area contributed by atoms with Gasteiger partial charge in [0.15, 0.2) is 5.78 Å². The molecule has 3 nitrogen and oxygen atoms in total. The van der Waals surface area contributed by atoms with Crippen LogP contribution in [0.25, 0.3) is 0 Å². The first-order chi connectivity index (χ1) is 12.1. The Bertz CT molecular complexity index is 941. The minimum absolute atomic E-state index is 0.101. The molecule has 0 heterocycles. The van der Waals surface area contributed by atoms with Crippen molar-refractivity contribution in [1.82, 2.24) is 0 Å². The second-order valence-corrected chi connectivity index (χ2v) is 5.76. The Labute approximate surface area is 149 Å². The highest BCUT2D eigenvalue weighted by molar-refractivity contribution is 6.31. The maximum Gasteiger partial charge on any atom is 0.258 e. The van der Waals surface area contributed by atoms with Crippen molar-refractivity contribution in [3.05, 3.63) is 100 Å². The number of nitrogens with one attached hydrogen (secondary N) is 1. The summed E-state index contributed by atoms with van der Waals surface area (Å²) in [5.41, 5.74) is 0.872. The number of hydrogen-bond acceptors (Lipinski definition) is 2. The maximum absolute atomic E-state index is 13.8. The minimum Gasteiger partial charge on any atom is -0.321 e. The van der Waals surface area contributed by atoms with Crippen molar-refractivity contribution in [2.75, 3.05) is 5.32 Å². The summed E-state index contributed by atoms with van der Waals surface area (Å²) in [6, 6.07) is 18.8. The molecule has 0 atom stereocenters. The van der Waals surface area contributed by atoms with Crippen LogP contribution in [-0.4, -0.2) is 11.7 Å². The van der Waals surface area contributed by atoms with Crippen molar-refractivity contribution in [1.29, 1.82) is 0 Å². The standard InChI is InChI=1S/C20H13ClFNO2/c21-14-10-11-18(23-20(25)15-8-4-5-9-17(15)22)16(12-14)19(24)13-6-2-1-3-7-13/h1-12H,(H,23,25). The summed E-state index contributed by atoms with van der Waals surface area (Å²) < 4.78 is 13.8. The molecule has 0 radical (unpaired) electrons. The molecular formula is C20H13ClFNO2. The Kier molecular flexibility index (Phi) is 4.91. The van der Waals surface area contributed by atoms with Crippen LogP contribution < -0.4 is 5.32 Å². The predicted molar refractivity (Wildman–Crippen MR) is 95.7 cm³/mol. The summed E-state index contributed by atoms with van der Waals surface area (Å²) in [5, 5.41) is 2.95. The predicted octanol–water partition coefficient (Wildman–Crippen LogP) is 4.96. The second-order valence-electron chi connectivity index (χ2n) is 5.32. The molecule has 3 aromatic carbocycles. The third-order valence-electron chi connectivity index (χ3n) is 3.63. The van der Waals surface area contributed by atoms with Gasteiger partial charge in [-0.1, -0.05) is 54.1 Å². The lowest BCUT2D eigenvalue weighted by atomic mass is 10.0. The van der Waals surface area contributed by atoms with Crippen LogP contribution in [0.1, 0.15) is 26.3 Å². The lowest BCUT2D eigenvalue weighted by Crippen LogP contribution is -2.16. The van der Waals surface area contributed by atoms with Crippen LogP contribution in [-0.2, 0) is 0 Å². The molecule has 25 heavy (non-hydrogen) atoms. The van der Waals surface area contributed by atoms with E-state index in [1.807, 2.05) is 0 Å². The van der Waals surface area contributed by atoms with E-state index in [2.05, 4.69) is 5.32 Å².